The number of hydrogen-bond acceptors (Lipinski definition) is 3. The number of nitrogens with two attached hydrogens (primary N) is 1. The van der Waals surface area contributed by atoms with E-state index in [4.69, 9.17) is 5.73 Å². The number of carbonyl (C=O) groups is 1. The lowest BCUT2D eigenvalue weighted by Crippen LogP contribution is -2.52. The van der Waals surface area contributed by atoms with E-state index >= 15 is 0 Å². The van der Waals surface area contributed by atoms with Crippen molar-refractivity contribution < 1.29 is 4.79 Å². The van der Waals surface area contributed by atoms with Crippen molar-refractivity contribution in [2.75, 3.05) is 27.2 Å². The lowest BCUT2D eigenvalue weighted by Gasteiger charge is -2.41. The number of amides is 1. The monoisotopic (exact) mass is 241 g/mol. The van der Waals surface area contributed by atoms with Gasteiger partial charge in [-0.1, -0.05) is 0 Å². The van der Waals surface area contributed by atoms with Crippen LogP contribution in [-0.4, -0.2) is 55.0 Å². The average molecular weight is 241 g/mol. The molecule has 0 spiro atoms. The highest BCUT2D eigenvalue weighted by atomic mass is 16.2. The third-order valence-corrected chi connectivity index (χ3v) is 4.14. The zero-order valence-electron chi connectivity index (χ0n) is 11.9. The first-order chi connectivity index (χ1) is 7.79. The molecule has 0 unspecified atom stereocenters. The van der Waals surface area contributed by atoms with Gasteiger partial charge in [0.15, 0.2) is 0 Å². The van der Waals surface area contributed by atoms with Gasteiger partial charge in [-0.05, 0) is 40.7 Å². The quantitative estimate of drug-likeness (QED) is 0.799. The molecule has 1 rings (SSSR count). The maximum atomic E-state index is 12.3. The highest BCUT2D eigenvalue weighted by molar-refractivity contribution is 5.82. The van der Waals surface area contributed by atoms with Gasteiger partial charge in [-0.2, -0.15) is 0 Å². The number of hydrogen-bond donors (Lipinski definition) is 1. The molecule has 1 aliphatic heterocycles. The van der Waals surface area contributed by atoms with Crippen molar-refractivity contribution in [1.82, 2.24) is 9.80 Å². The van der Waals surface area contributed by atoms with Gasteiger partial charge in [0.2, 0.25) is 5.91 Å². The molecule has 0 radical (unpaired) electrons. The fraction of sp³-hybridized carbons (Fsp3) is 0.923. The predicted molar refractivity (Wildman–Crippen MR) is 70.7 cm³/mol. The Morgan fingerprint density at radius 2 is 2.12 bits per heavy atom. The normalized spacial score (nSPS) is 26.9. The standard InChI is InChI=1S/C13H27N3O/c1-10-8-11(6-7-15(10)4)16(5)12(17)13(2,3)9-14/h10-11H,6-9,14H2,1-5H3/t10-,11-/m1/s1. The Kier molecular flexibility index (Phi) is 4.55. The molecule has 0 aromatic carbocycles. The largest absolute Gasteiger partial charge is 0.342 e. The fourth-order valence-corrected chi connectivity index (χ4v) is 2.35. The van der Waals surface area contributed by atoms with Crippen LogP contribution in [0.25, 0.3) is 0 Å². The first kappa shape index (κ1) is 14.5. The van der Waals surface area contributed by atoms with Gasteiger partial charge in [-0.25, -0.2) is 0 Å². The van der Waals surface area contributed by atoms with Crippen molar-refractivity contribution >= 4 is 5.91 Å². The molecule has 0 aromatic heterocycles. The van der Waals surface area contributed by atoms with Crippen LogP contribution in [0.1, 0.15) is 33.6 Å². The van der Waals surface area contributed by atoms with Gasteiger partial charge in [0, 0.05) is 32.2 Å². The molecule has 0 saturated carbocycles. The summed E-state index contributed by atoms with van der Waals surface area (Å²) in [6.07, 6.45) is 2.11. The smallest absolute Gasteiger partial charge is 0.229 e. The number of likely N-dealkylation sites (tertiary alicyclic amines) is 1. The zero-order valence-corrected chi connectivity index (χ0v) is 11.9. The Hall–Kier alpha value is -0.610. The van der Waals surface area contributed by atoms with E-state index < -0.39 is 5.41 Å². The minimum Gasteiger partial charge on any atom is -0.342 e. The molecule has 1 heterocycles. The molecule has 4 heteroatoms. The third kappa shape index (κ3) is 3.19. The first-order valence-corrected chi connectivity index (χ1v) is 6.47. The molecule has 1 amide bonds. The fourth-order valence-electron chi connectivity index (χ4n) is 2.35. The lowest BCUT2D eigenvalue weighted by molar-refractivity contribution is -0.141. The second-order valence-corrected chi connectivity index (χ2v) is 6.01. The molecule has 1 fully saturated rings. The first-order valence-electron chi connectivity index (χ1n) is 6.47. The van der Waals surface area contributed by atoms with Crippen LogP contribution in [0.2, 0.25) is 0 Å². The van der Waals surface area contributed by atoms with Crippen LogP contribution in [0.3, 0.4) is 0 Å². The van der Waals surface area contributed by atoms with Crippen LogP contribution in [0.15, 0.2) is 0 Å². The van der Waals surface area contributed by atoms with E-state index in [1.54, 1.807) is 0 Å². The summed E-state index contributed by atoms with van der Waals surface area (Å²) in [4.78, 5) is 16.6. The molecule has 100 valence electrons. The van der Waals surface area contributed by atoms with Gasteiger partial charge >= 0.3 is 0 Å². The summed E-state index contributed by atoms with van der Waals surface area (Å²) >= 11 is 0. The summed E-state index contributed by atoms with van der Waals surface area (Å²) < 4.78 is 0. The lowest BCUT2D eigenvalue weighted by atomic mass is 9.89. The second-order valence-electron chi connectivity index (χ2n) is 6.01. The molecule has 0 bridgehead atoms. The molecular weight excluding hydrogens is 214 g/mol. The van der Waals surface area contributed by atoms with Gasteiger partial charge in [0.1, 0.15) is 0 Å². The van der Waals surface area contributed by atoms with Crippen molar-refractivity contribution in [2.24, 2.45) is 11.1 Å². The van der Waals surface area contributed by atoms with E-state index in [1.165, 1.54) is 0 Å². The molecular formula is C13H27N3O. The highest BCUT2D eigenvalue weighted by Gasteiger charge is 2.34. The van der Waals surface area contributed by atoms with Crippen LogP contribution in [0.4, 0.5) is 0 Å². The minimum atomic E-state index is -0.443. The van der Waals surface area contributed by atoms with Gasteiger partial charge in [0.25, 0.3) is 0 Å². The summed E-state index contributed by atoms with van der Waals surface area (Å²) in [5.74, 6) is 0.168. The molecule has 1 saturated heterocycles. The van der Waals surface area contributed by atoms with Crippen molar-refractivity contribution in [3.63, 3.8) is 0 Å². The van der Waals surface area contributed by atoms with Crippen molar-refractivity contribution in [1.29, 1.82) is 0 Å². The Balaban J connectivity index is 2.65. The zero-order chi connectivity index (χ0) is 13.2. The topological polar surface area (TPSA) is 49.6 Å². The maximum absolute atomic E-state index is 12.3. The predicted octanol–water partition coefficient (Wildman–Crippen LogP) is 0.912. The van der Waals surface area contributed by atoms with Crippen molar-refractivity contribution in [3.8, 4) is 0 Å². The summed E-state index contributed by atoms with van der Waals surface area (Å²) in [5.41, 5.74) is 5.23. The number of carbonyl (C=O) groups excluding carboxylic acids is 1. The van der Waals surface area contributed by atoms with Gasteiger partial charge < -0.3 is 15.5 Å². The third-order valence-electron chi connectivity index (χ3n) is 4.14. The molecule has 1 aliphatic rings. The highest BCUT2D eigenvalue weighted by Crippen LogP contribution is 2.24. The van der Waals surface area contributed by atoms with Crippen molar-refractivity contribution in [2.45, 2.75) is 45.7 Å². The summed E-state index contributed by atoms with van der Waals surface area (Å²) in [5, 5.41) is 0. The van der Waals surface area contributed by atoms with E-state index in [0.29, 0.717) is 18.6 Å². The van der Waals surface area contributed by atoms with Crippen LogP contribution in [0, 0.1) is 5.41 Å². The number of rotatable bonds is 3. The molecule has 2 N–H and O–H groups in total. The van der Waals surface area contributed by atoms with E-state index in [2.05, 4.69) is 18.9 Å². The maximum Gasteiger partial charge on any atom is 0.229 e. The van der Waals surface area contributed by atoms with Crippen LogP contribution < -0.4 is 5.73 Å². The summed E-state index contributed by atoms with van der Waals surface area (Å²) in [6.45, 7) is 7.53. The summed E-state index contributed by atoms with van der Waals surface area (Å²) in [7, 11) is 4.06. The SMILES string of the molecule is C[C@@H]1C[C@H](N(C)C(=O)C(C)(C)CN)CCN1C. The van der Waals surface area contributed by atoms with Crippen LogP contribution >= 0.6 is 0 Å². The van der Waals surface area contributed by atoms with Gasteiger partial charge in [0.05, 0.1) is 5.41 Å². The van der Waals surface area contributed by atoms with Gasteiger partial charge in [-0.15, -0.1) is 0 Å². The average Bonchev–Trinajstić information content (AvgIpc) is 2.30. The Bertz CT molecular complexity index is 278. The minimum absolute atomic E-state index is 0.168. The number of nitrogens with zero attached hydrogens (tertiary/aromatic N) is 2. The Morgan fingerprint density at radius 3 is 2.59 bits per heavy atom. The van der Waals surface area contributed by atoms with Crippen LogP contribution in [-0.2, 0) is 4.79 Å². The molecule has 2 atom stereocenters. The number of piperidine rings is 1. The Labute approximate surface area is 105 Å². The summed E-state index contributed by atoms with van der Waals surface area (Å²) in [6, 6.07) is 0.907. The molecule has 17 heavy (non-hydrogen) atoms. The molecule has 4 nitrogen and oxygen atoms in total. The van der Waals surface area contributed by atoms with Crippen LogP contribution in [0.5, 0.6) is 0 Å². The molecule has 0 aliphatic carbocycles. The second kappa shape index (κ2) is 5.36. The molecule has 0 aromatic rings. The van der Waals surface area contributed by atoms with E-state index in [9.17, 15) is 4.79 Å². The van der Waals surface area contributed by atoms with E-state index in [-0.39, 0.29) is 5.91 Å². The van der Waals surface area contributed by atoms with Gasteiger partial charge in [-0.3, -0.25) is 4.79 Å². The van der Waals surface area contributed by atoms with Crippen molar-refractivity contribution in [3.05, 3.63) is 0 Å². The Morgan fingerprint density at radius 1 is 1.53 bits per heavy atom. The van der Waals surface area contributed by atoms with E-state index in [1.807, 2.05) is 25.8 Å². The van der Waals surface area contributed by atoms with E-state index in [0.717, 1.165) is 19.4 Å².